The molecule has 0 fully saturated rings. The molecule has 1 unspecified atom stereocenters. The van der Waals surface area contributed by atoms with Crippen molar-refractivity contribution in [1.82, 2.24) is 0 Å². The minimum Gasteiger partial charge on any atom is -0.298 e. The third-order valence-corrected chi connectivity index (χ3v) is 2.78. The topological polar surface area (TPSA) is 37.3 Å². The molecule has 60 valence electrons. The molecule has 0 saturated carbocycles. The van der Waals surface area contributed by atoms with Crippen LogP contribution in [0.5, 0.6) is 0 Å². The van der Waals surface area contributed by atoms with Gasteiger partial charge in [-0.15, -0.1) is 0 Å². The molecule has 2 nitrogen and oxygen atoms in total. The Morgan fingerprint density at radius 2 is 2.00 bits per heavy atom. The summed E-state index contributed by atoms with van der Waals surface area (Å²) in [5.41, 5.74) is 1.07. The van der Waals surface area contributed by atoms with Crippen molar-refractivity contribution in [2.24, 2.45) is 0 Å². The lowest BCUT2D eigenvalue weighted by Crippen LogP contribution is -1.81. The highest BCUT2D eigenvalue weighted by atomic mass is 33.1. The van der Waals surface area contributed by atoms with Crippen molar-refractivity contribution < 1.29 is 8.76 Å². The fourth-order valence-electron chi connectivity index (χ4n) is 0.693. The summed E-state index contributed by atoms with van der Waals surface area (Å²) in [5.74, 6) is 0.587. The van der Waals surface area contributed by atoms with Crippen LogP contribution >= 0.6 is 10.8 Å². The maximum atomic E-state index is 10.2. The standard InChI is InChI=1S/C7H8O2S2/c8-11(9)10-6-7-4-2-1-3-5-7/h1-5H,6H2,(H,8,9). The highest BCUT2D eigenvalue weighted by Crippen LogP contribution is 2.13. The minimum atomic E-state index is -1.75. The third kappa shape index (κ3) is 3.55. The van der Waals surface area contributed by atoms with E-state index in [1.54, 1.807) is 0 Å². The molecular weight excluding hydrogens is 180 g/mol. The van der Waals surface area contributed by atoms with E-state index in [9.17, 15) is 4.21 Å². The van der Waals surface area contributed by atoms with Gasteiger partial charge in [0.05, 0.1) is 0 Å². The van der Waals surface area contributed by atoms with E-state index in [0.717, 1.165) is 16.4 Å². The van der Waals surface area contributed by atoms with Crippen LogP contribution in [0.2, 0.25) is 0 Å². The minimum absolute atomic E-state index is 0.587. The van der Waals surface area contributed by atoms with E-state index in [2.05, 4.69) is 0 Å². The predicted molar refractivity (Wildman–Crippen MR) is 48.5 cm³/mol. The van der Waals surface area contributed by atoms with Crippen LogP contribution in [0, 0.1) is 0 Å². The second-order valence-electron chi connectivity index (χ2n) is 1.96. The lowest BCUT2D eigenvalue weighted by Gasteiger charge is -1.95. The Morgan fingerprint density at radius 3 is 2.55 bits per heavy atom. The van der Waals surface area contributed by atoms with Gasteiger partial charge in [0.15, 0.2) is 0 Å². The van der Waals surface area contributed by atoms with E-state index in [0.29, 0.717) is 5.75 Å². The highest BCUT2D eigenvalue weighted by molar-refractivity contribution is 8.66. The van der Waals surface area contributed by atoms with Crippen molar-refractivity contribution in [3.05, 3.63) is 35.9 Å². The molecule has 0 aliphatic rings. The molecule has 0 heterocycles. The first-order valence-corrected chi connectivity index (χ1v) is 5.68. The zero-order chi connectivity index (χ0) is 8.10. The Balaban J connectivity index is 2.45. The summed E-state index contributed by atoms with van der Waals surface area (Å²) in [4.78, 5) is 0. The first-order valence-electron chi connectivity index (χ1n) is 3.07. The third-order valence-electron chi connectivity index (χ3n) is 1.17. The molecule has 0 aliphatic heterocycles. The second-order valence-corrected chi connectivity index (χ2v) is 4.49. The van der Waals surface area contributed by atoms with Gasteiger partial charge in [-0.2, -0.15) is 0 Å². The van der Waals surface area contributed by atoms with Crippen LogP contribution in [-0.4, -0.2) is 8.76 Å². The molecule has 0 radical (unpaired) electrons. The van der Waals surface area contributed by atoms with Gasteiger partial charge in [-0.3, -0.25) is 4.55 Å². The number of benzene rings is 1. The first kappa shape index (κ1) is 8.77. The maximum Gasteiger partial charge on any atom is 0.216 e. The van der Waals surface area contributed by atoms with Crippen LogP contribution in [0.15, 0.2) is 30.3 Å². The van der Waals surface area contributed by atoms with Crippen LogP contribution in [0.3, 0.4) is 0 Å². The van der Waals surface area contributed by atoms with Crippen molar-refractivity contribution in [2.45, 2.75) is 5.75 Å². The van der Waals surface area contributed by atoms with E-state index in [1.165, 1.54) is 0 Å². The lowest BCUT2D eigenvalue weighted by atomic mass is 10.2. The molecule has 1 N–H and O–H groups in total. The zero-order valence-corrected chi connectivity index (χ0v) is 7.40. The summed E-state index contributed by atoms with van der Waals surface area (Å²) in [6, 6.07) is 9.61. The fraction of sp³-hybridized carbons (Fsp3) is 0.143. The predicted octanol–water partition coefficient (Wildman–Crippen LogP) is 2.06. The van der Waals surface area contributed by atoms with Crippen LogP contribution in [0.25, 0.3) is 0 Å². The van der Waals surface area contributed by atoms with Gasteiger partial charge in [-0.1, -0.05) is 30.3 Å². The van der Waals surface area contributed by atoms with Crippen molar-refractivity contribution in [1.29, 1.82) is 0 Å². The van der Waals surface area contributed by atoms with Gasteiger partial charge in [-0.05, 0) is 16.4 Å². The average Bonchev–Trinajstić information content (AvgIpc) is 2.03. The second kappa shape index (κ2) is 4.54. The summed E-state index contributed by atoms with van der Waals surface area (Å²) in [6.45, 7) is 0. The quantitative estimate of drug-likeness (QED) is 0.582. The summed E-state index contributed by atoms with van der Waals surface area (Å²) < 4.78 is 18.7. The highest BCUT2D eigenvalue weighted by Gasteiger charge is 1.95. The van der Waals surface area contributed by atoms with Crippen molar-refractivity contribution in [3.63, 3.8) is 0 Å². The molecular formula is C7H8O2S2. The van der Waals surface area contributed by atoms with Crippen LogP contribution < -0.4 is 0 Å². The molecule has 0 amide bonds. The molecule has 0 aliphatic carbocycles. The van der Waals surface area contributed by atoms with Gasteiger partial charge in [-0.25, -0.2) is 4.21 Å². The average molecular weight is 188 g/mol. The van der Waals surface area contributed by atoms with Gasteiger partial charge in [0.2, 0.25) is 10.1 Å². The SMILES string of the molecule is O=S(O)SCc1ccccc1. The van der Waals surface area contributed by atoms with Crippen LogP contribution in [0.1, 0.15) is 5.56 Å². The molecule has 1 aromatic rings. The van der Waals surface area contributed by atoms with Gasteiger partial charge >= 0.3 is 0 Å². The Bertz CT molecular complexity index is 235. The molecule has 11 heavy (non-hydrogen) atoms. The van der Waals surface area contributed by atoms with Gasteiger partial charge < -0.3 is 0 Å². The Kier molecular flexibility index (Phi) is 3.62. The largest absolute Gasteiger partial charge is 0.298 e. The Morgan fingerprint density at radius 1 is 1.36 bits per heavy atom. The number of rotatable bonds is 3. The number of hydrogen-bond donors (Lipinski definition) is 1. The molecule has 1 aromatic carbocycles. The monoisotopic (exact) mass is 188 g/mol. The summed E-state index contributed by atoms with van der Waals surface area (Å²) in [6.07, 6.45) is 0. The van der Waals surface area contributed by atoms with Crippen molar-refractivity contribution in [3.8, 4) is 0 Å². The van der Waals surface area contributed by atoms with E-state index < -0.39 is 10.1 Å². The van der Waals surface area contributed by atoms with Crippen molar-refractivity contribution in [2.75, 3.05) is 0 Å². The number of hydrogen-bond acceptors (Lipinski definition) is 2. The summed E-state index contributed by atoms with van der Waals surface area (Å²) in [7, 11) is -0.737. The van der Waals surface area contributed by atoms with Crippen LogP contribution in [0.4, 0.5) is 0 Å². The molecule has 4 heteroatoms. The van der Waals surface area contributed by atoms with Gasteiger partial charge in [0, 0.05) is 5.75 Å². The normalized spacial score (nSPS) is 12.8. The zero-order valence-electron chi connectivity index (χ0n) is 5.77. The van der Waals surface area contributed by atoms with Gasteiger partial charge in [0.25, 0.3) is 0 Å². The van der Waals surface area contributed by atoms with E-state index in [1.807, 2.05) is 30.3 Å². The molecule has 1 atom stereocenters. The van der Waals surface area contributed by atoms with Crippen LogP contribution in [-0.2, 0) is 15.9 Å². The fourth-order valence-corrected chi connectivity index (χ4v) is 1.83. The lowest BCUT2D eigenvalue weighted by molar-refractivity contribution is 0.581. The van der Waals surface area contributed by atoms with Gasteiger partial charge in [0.1, 0.15) is 0 Å². The Hall–Kier alpha value is -0.320. The van der Waals surface area contributed by atoms with E-state index in [4.69, 9.17) is 4.55 Å². The van der Waals surface area contributed by atoms with E-state index >= 15 is 0 Å². The summed E-state index contributed by atoms with van der Waals surface area (Å²) in [5, 5.41) is 0. The van der Waals surface area contributed by atoms with E-state index in [-0.39, 0.29) is 0 Å². The molecule has 0 spiro atoms. The molecule has 0 aromatic heterocycles. The molecule has 1 rings (SSSR count). The molecule has 0 bridgehead atoms. The Labute approximate surface area is 71.7 Å². The van der Waals surface area contributed by atoms with Crippen molar-refractivity contribution >= 4 is 20.9 Å². The molecule has 0 saturated heterocycles. The summed E-state index contributed by atoms with van der Waals surface area (Å²) >= 11 is 0. The smallest absolute Gasteiger partial charge is 0.216 e. The maximum absolute atomic E-state index is 10.2. The first-order chi connectivity index (χ1) is 5.29.